The number of carbonyl (C=O) groups is 2. The minimum Gasteiger partial charge on any atom is -0.307 e. The van der Waals surface area contributed by atoms with Crippen LogP contribution in [-0.4, -0.2) is 50.5 Å². The molecule has 0 unspecified atom stereocenters. The van der Waals surface area contributed by atoms with Crippen molar-refractivity contribution in [2.75, 3.05) is 37.0 Å². The standard InChI is InChI=1S/C74H152P2.2CH2O.Ni/c1-5-9-13-17-21-25-29-33-37-41-45-49-53-57-61-65-69-75(70-66-62-58-54-50-46-42-38-34-30-26-22-18-14-10-6-2)73-74-76(71-67-63-59-55-51-47-43-39-35-31-27-23-19-15-11-7-3)72-68-64-60-56-52-48-44-40-36-32-28-24-20-16-12-8-4;2*1-2;/h5-74H2,1-4H3;2*1H2;. The molecule has 0 fully saturated rings. The van der Waals surface area contributed by atoms with Crippen LogP contribution in [0, 0.1) is 0 Å². The zero-order valence-corrected chi connectivity index (χ0v) is 59.7. The molecule has 492 valence electrons. The van der Waals surface area contributed by atoms with Crippen molar-refractivity contribution in [1.29, 1.82) is 0 Å². The van der Waals surface area contributed by atoms with Gasteiger partial charge in [0.2, 0.25) is 0 Å². The predicted molar refractivity (Wildman–Crippen MR) is 375 cm³/mol. The van der Waals surface area contributed by atoms with E-state index < -0.39 is 0 Å². The fourth-order valence-corrected chi connectivity index (χ4v) is 18.8. The second kappa shape index (κ2) is 87.1. The van der Waals surface area contributed by atoms with Gasteiger partial charge in [0.05, 0.1) is 0 Å². The van der Waals surface area contributed by atoms with Crippen LogP contribution in [0.3, 0.4) is 0 Å². The molecule has 0 aromatic rings. The molecule has 0 aliphatic carbocycles. The molecular weight excluding hydrogens is 1070 g/mol. The maximum absolute atomic E-state index is 8.00. The summed E-state index contributed by atoms with van der Waals surface area (Å²) in [5.74, 6) is 0. The summed E-state index contributed by atoms with van der Waals surface area (Å²) in [5.41, 5.74) is 0. The van der Waals surface area contributed by atoms with Crippen LogP contribution in [0.15, 0.2) is 0 Å². The van der Waals surface area contributed by atoms with Gasteiger partial charge in [-0.1, -0.05) is 413 Å². The van der Waals surface area contributed by atoms with Gasteiger partial charge in [0, 0.05) is 16.5 Å². The monoisotopic (exact) mass is 1220 g/mol. The molecule has 0 saturated carbocycles. The summed E-state index contributed by atoms with van der Waals surface area (Å²) in [4.78, 5) is 16.0. The molecule has 0 aromatic carbocycles. The summed E-state index contributed by atoms with van der Waals surface area (Å²) in [6.07, 6.45) is 105. The second-order valence-corrected chi connectivity index (χ2v) is 31.3. The molecule has 0 spiro atoms. The number of hydrogen-bond donors (Lipinski definition) is 0. The fraction of sp³-hybridized carbons (Fsp3) is 0.974. The van der Waals surface area contributed by atoms with Gasteiger partial charge in [0.15, 0.2) is 0 Å². The van der Waals surface area contributed by atoms with E-state index in [0.29, 0.717) is 0 Å². The Morgan fingerprint density at radius 2 is 0.235 bits per heavy atom. The van der Waals surface area contributed by atoms with Gasteiger partial charge in [0.25, 0.3) is 0 Å². The van der Waals surface area contributed by atoms with E-state index in [1.165, 1.54) is 385 Å². The molecule has 5 heteroatoms. The zero-order chi connectivity index (χ0) is 58.7. The summed E-state index contributed by atoms with van der Waals surface area (Å²) < 4.78 is 0. The summed E-state index contributed by atoms with van der Waals surface area (Å²) >= 11 is 0. The Kier molecular flexibility index (Phi) is 94.8. The Bertz CT molecular complexity index is 865. The largest absolute Gasteiger partial charge is 0.307 e. The van der Waals surface area contributed by atoms with Gasteiger partial charge in [-0.05, 0) is 62.7 Å². The third-order valence-electron chi connectivity index (χ3n) is 18.0. The van der Waals surface area contributed by atoms with Crippen molar-refractivity contribution in [1.82, 2.24) is 0 Å². The van der Waals surface area contributed by atoms with E-state index in [2.05, 4.69) is 27.7 Å². The first-order chi connectivity index (χ1) is 39.8. The van der Waals surface area contributed by atoms with E-state index in [1.54, 1.807) is 62.7 Å². The Balaban J connectivity index is -0.00000578. The second-order valence-electron chi connectivity index (χ2n) is 25.9. The molecule has 0 aliphatic heterocycles. The third kappa shape index (κ3) is 82.8. The quantitative estimate of drug-likeness (QED) is 0.0346. The molecule has 0 amide bonds. The SMILES string of the molecule is C=O.C=O.CCCCCCCCCCCCCCCCCCP(CCCCCCCCCCCCCCCCCC)CCP(CCCCCCCCCCCCCCCCCC)CCCCCCCCCCCCCCCCCC.[Ni]. The molecule has 0 N–H and O–H groups in total. The van der Waals surface area contributed by atoms with Gasteiger partial charge < -0.3 is 9.59 Å². The topological polar surface area (TPSA) is 34.1 Å². The molecule has 0 aliphatic rings. The van der Waals surface area contributed by atoms with Crippen molar-refractivity contribution < 1.29 is 26.1 Å². The van der Waals surface area contributed by atoms with Gasteiger partial charge in [-0.3, -0.25) is 0 Å². The van der Waals surface area contributed by atoms with Gasteiger partial charge in [-0.15, -0.1) is 15.8 Å². The van der Waals surface area contributed by atoms with Crippen LogP contribution in [0.1, 0.15) is 439 Å². The van der Waals surface area contributed by atoms with Crippen molar-refractivity contribution in [2.45, 2.75) is 439 Å². The Morgan fingerprint density at radius 1 is 0.148 bits per heavy atom. The molecule has 0 saturated heterocycles. The van der Waals surface area contributed by atoms with Gasteiger partial charge in [0.1, 0.15) is 13.6 Å². The van der Waals surface area contributed by atoms with Crippen LogP contribution in [0.25, 0.3) is 0 Å². The van der Waals surface area contributed by atoms with E-state index >= 15 is 0 Å². The average molecular weight is 1220 g/mol. The predicted octanol–water partition coefficient (Wildman–Crippen LogP) is 28.6. The number of carbonyl (C=O) groups excluding carboxylic acids is 2. The Labute approximate surface area is 527 Å². The molecule has 0 bridgehead atoms. The maximum Gasteiger partial charge on any atom is 0.106 e. The maximum atomic E-state index is 8.00. The molecule has 0 atom stereocenters. The van der Waals surface area contributed by atoms with Gasteiger partial charge >= 0.3 is 0 Å². The van der Waals surface area contributed by atoms with Crippen LogP contribution in [0.5, 0.6) is 0 Å². The summed E-state index contributed by atoms with van der Waals surface area (Å²) in [7, 11) is 0.518. The average Bonchev–Trinajstić information content (AvgIpc) is 3.48. The first-order valence-electron chi connectivity index (χ1n) is 37.8. The number of rotatable bonds is 71. The van der Waals surface area contributed by atoms with Crippen molar-refractivity contribution in [3.8, 4) is 0 Å². The van der Waals surface area contributed by atoms with Gasteiger partial charge in [-0.25, -0.2) is 0 Å². The molecule has 0 heterocycles. The normalized spacial score (nSPS) is 11.3. The van der Waals surface area contributed by atoms with Crippen LogP contribution in [0.2, 0.25) is 0 Å². The molecule has 81 heavy (non-hydrogen) atoms. The molecule has 0 aromatic heterocycles. The summed E-state index contributed by atoms with van der Waals surface area (Å²) in [5, 5.41) is 0. The number of hydrogen-bond acceptors (Lipinski definition) is 2. The minimum absolute atomic E-state index is 0. The van der Waals surface area contributed by atoms with Crippen LogP contribution in [0.4, 0.5) is 0 Å². The van der Waals surface area contributed by atoms with Crippen LogP contribution >= 0.6 is 15.8 Å². The Morgan fingerprint density at radius 3 is 0.333 bits per heavy atom. The first-order valence-corrected chi connectivity index (χ1v) is 41.6. The fourth-order valence-electron chi connectivity index (χ4n) is 12.5. The molecule has 0 radical (unpaired) electrons. The smallest absolute Gasteiger partial charge is 0.106 e. The zero-order valence-electron chi connectivity index (χ0n) is 56.9. The summed E-state index contributed by atoms with van der Waals surface area (Å²) in [6, 6.07) is 0. The Hall–Kier alpha value is 0.694. The van der Waals surface area contributed by atoms with E-state index in [1.807, 2.05) is 13.6 Å². The van der Waals surface area contributed by atoms with Crippen molar-refractivity contribution in [3.63, 3.8) is 0 Å². The van der Waals surface area contributed by atoms with Gasteiger partial charge in [-0.2, -0.15) is 0 Å². The van der Waals surface area contributed by atoms with Crippen molar-refractivity contribution in [2.24, 2.45) is 0 Å². The minimum atomic E-state index is 0. The van der Waals surface area contributed by atoms with Crippen molar-refractivity contribution in [3.05, 3.63) is 0 Å². The van der Waals surface area contributed by atoms with E-state index in [9.17, 15) is 0 Å². The van der Waals surface area contributed by atoms with Crippen LogP contribution < -0.4 is 0 Å². The molecule has 0 rings (SSSR count). The van der Waals surface area contributed by atoms with E-state index in [-0.39, 0.29) is 32.3 Å². The number of unbranched alkanes of at least 4 members (excludes halogenated alkanes) is 60. The van der Waals surface area contributed by atoms with Crippen molar-refractivity contribution >= 4 is 29.4 Å². The first kappa shape index (κ1) is 88.1. The van der Waals surface area contributed by atoms with E-state index in [4.69, 9.17) is 9.59 Å². The van der Waals surface area contributed by atoms with Crippen LogP contribution in [-0.2, 0) is 26.1 Å². The molecule has 2 nitrogen and oxygen atoms in total. The third-order valence-corrected chi connectivity index (χ3v) is 23.9. The summed E-state index contributed by atoms with van der Waals surface area (Å²) in [6.45, 7) is 13.3. The molecular formula is C76H156NiO2P2. The van der Waals surface area contributed by atoms with E-state index in [0.717, 1.165) is 0 Å².